The van der Waals surface area contributed by atoms with E-state index in [0.717, 1.165) is 18.4 Å². The van der Waals surface area contributed by atoms with Gasteiger partial charge < -0.3 is 21.3 Å². The minimum atomic E-state index is -1.29. The molecular formula is C18H26N2O5. The normalized spacial score (nSPS) is 14.3. The molecule has 0 saturated carbocycles. The molecular weight excluding hydrogens is 324 g/mol. The number of hydrogen-bond acceptors (Lipinski definition) is 4. The van der Waals surface area contributed by atoms with Crippen LogP contribution in [0.25, 0.3) is 0 Å². The summed E-state index contributed by atoms with van der Waals surface area (Å²) in [4.78, 5) is 35.0. The highest BCUT2D eigenvalue weighted by molar-refractivity contribution is 5.90. The van der Waals surface area contributed by atoms with E-state index in [0.29, 0.717) is 6.42 Å². The lowest BCUT2D eigenvalue weighted by Gasteiger charge is -2.22. The number of carboxylic acid groups (broad SMARTS) is 2. The van der Waals surface area contributed by atoms with Crippen LogP contribution in [0.15, 0.2) is 30.3 Å². The second kappa shape index (κ2) is 10.5. The monoisotopic (exact) mass is 350 g/mol. The molecule has 0 aromatic heterocycles. The molecule has 0 aliphatic carbocycles. The van der Waals surface area contributed by atoms with Crippen LogP contribution in [0.2, 0.25) is 0 Å². The van der Waals surface area contributed by atoms with Crippen molar-refractivity contribution < 1.29 is 24.6 Å². The van der Waals surface area contributed by atoms with Crippen molar-refractivity contribution in [2.75, 3.05) is 0 Å². The van der Waals surface area contributed by atoms with E-state index in [1.807, 2.05) is 13.0 Å². The Labute approximate surface area is 147 Å². The van der Waals surface area contributed by atoms with E-state index >= 15 is 0 Å². The first kappa shape index (κ1) is 20.6. The maximum Gasteiger partial charge on any atom is 0.326 e. The summed E-state index contributed by atoms with van der Waals surface area (Å²) in [5.74, 6) is -4.12. The van der Waals surface area contributed by atoms with E-state index in [2.05, 4.69) is 5.32 Å². The number of aliphatic carboxylic acids is 2. The van der Waals surface area contributed by atoms with Gasteiger partial charge in [-0.3, -0.25) is 9.59 Å². The number of unbranched alkanes of at least 4 members (excludes halogenated alkanes) is 2. The minimum absolute atomic E-state index is 0.0994. The number of nitrogens with one attached hydrogen (secondary N) is 1. The first-order chi connectivity index (χ1) is 11.9. The lowest BCUT2D eigenvalue weighted by Crippen LogP contribution is -2.53. The fourth-order valence-electron chi connectivity index (χ4n) is 2.57. The predicted molar refractivity (Wildman–Crippen MR) is 93.0 cm³/mol. The van der Waals surface area contributed by atoms with Gasteiger partial charge in [-0.15, -0.1) is 0 Å². The van der Waals surface area contributed by atoms with Crippen molar-refractivity contribution in [3.8, 4) is 0 Å². The molecule has 138 valence electrons. The molecule has 1 rings (SSSR count). The Morgan fingerprint density at radius 1 is 1.08 bits per heavy atom. The summed E-state index contributed by atoms with van der Waals surface area (Å²) >= 11 is 0. The van der Waals surface area contributed by atoms with Crippen molar-refractivity contribution >= 4 is 17.8 Å². The standard InChI is InChI=1S/C18H26N2O5/c1-2-3-5-10-13(17(22)23)15(19)16(21)20-14(18(24)25)11-12-8-6-4-7-9-12/h4,6-9,13-15H,2-3,5,10-11,19H2,1H3,(H,20,21)(H,22,23)(H,24,25)/t13?,14-,15+/m1/s1. The topological polar surface area (TPSA) is 130 Å². The fourth-order valence-corrected chi connectivity index (χ4v) is 2.57. The summed E-state index contributed by atoms with van der Waals surface area (Å²) in [5, 5.41) is 21.0. The Bertz CT molecular complexity index is 576. The largest absolute Gasteiger partial charge is 0.481 e. The molecule has 7 heteroatoms. The second-order valence-corrected chi connectivity index (χ2v) is 6.06. The van der Waals surface area contributed by atoms with Gasteiger partial charge in [0.15, 0.2) is 0 Å². The van der Waals surface area contributed by atoms with Gasteiger partial charge in [0.1, 0.15) is 6.04 Å². The van der Waals surface area contributed by atoms with E-state index in [1.54, 1.807) is 24.3 Å². The molecule has 7 nitrogen and oxygen atoms in total. The summed E-state index contributed by atoms with van der Waals surface area (Å²) < 4.78 is 0. The number of carbonyl (C=O) groups excluding carboxylic acids is 1. The zero-order valence-corrected chi connectivity index (χ0v) is 14.4. The third-order valence-electron chi connectivity index (χ3n) is 4.07. The average molecular weight is 350 g/mol. The molecule has 0 spiro atoms. The van der Waals surface area contributed by atoms with Gasteiger partial charge in [0, 0.05) is 6.42 Å². The lowest BCUT2D eigenvalue weighted by atomic mass is 9.93. The number of amides is 1. The molecule has 0 heterocycles. The summed E-state index contributed by atoms with van der Waals surface area (Å²) in [7, 11) is 0. The molecule has 25 heavy (non-hydrogen) atoms. The van der Waals surface area contributed by atoms with Crippen molar-refractivity contribution in [1.82, 2.24) is 5.32 Å². The molecule has 3 atom stereocenters. The number of nitrogens with two attached hydrogens (primary N) is 1. The van der Waals surface area contributed by atoms with E-state index in [1.165, 1.54) is 0 Å². The number of carbonyl (C=O) groups is 3. The van der Waals surface area contributed by atoms with E-state index < -0.39 is 35.8 Å². The van der Waals surface area contributed by atoms with Gasteiger partial charge in [-0.1, -0.05) is 56.5 Å². The van der Waals surface area contributed by atoms with Gasteiger partial charge in [-0.25, -0.2) is 4.79 Å². The Morgan fingerprint density at radius 2 is 1.72 bits per heavy atom. The summed E-state index contributed by atoms with van der Waals surface area (Å²) in [5.41, 5.74) is 6.55. The highest BCUT2D eigenvalue weighted by atomic mass is 16.4. The quantitative estimate of drug-likeness (QED) is 0.446. The smallest absolute Gasteiger partial charge is 0.326 e. The molecule has 0 saturated heterocycles. The maximum atomic E-state index is 12.3. The minimum Gasteiger partial charge on any atom is -0.481 e. The van der Waals surface area contributed by atoms with Crippen molar-refractivity contribution in [2.45, 2.75) is 51.1 Å². The summed E-state index contributed by atoms with van der Waals surface area (Å²) in [6.45, 7) is 1.99. The van der Waals surface area contributed by atoms with Crippen LogP contribution in [0.3, 0.4) is 0 Å². The van der Waals surface area contributed by atoms with Crippen LogP contribution in [0.4, 0.5) is 0 Å². The molecule has 1 aromatic rings. The van der Waals surface area contributed by atoms with Gasteiger partial charge in [0.2, 0.25) is 5.91 Å². The molecule has 1 unspecified atom stereocenters. The van der Waals surface area contributed by atoms with Crippen molar-refractivity contribution in [3.05, 3.63) is 35.9 Å². The highest BCUT2D eigenvalue weighted by Gasteiger charge is 2.32. The predicted octanol–water partition coefficient (Wildman–Crippen LogP) is 1.41. The Morgan fingerprint density at radius 3 is 2.24 bits per heavy atom. The molecule has 0 aliphatic rings. The molecule has 1 aromatic carbocycles. The molecule has 0 bridgehead atoms. The molecule has 0 fully saturated rings. The van der Waals surface area contributed by atoms with Crippen LogP contribution < -0.4 is 11.1 Å². The van der Waals surface area contributed by atoms with Gasteiger partial charge in [0.05, 0.1) is 12.0 Å². The van der Waals surface area contributed by atoms with E-state index in [4.69, 9.17) is 5.73 Å². The van der Waals surface area contributed by atoms with Crippen molar-refractivity contribution in [3.63, 3.8) is 0 Å². The molecule has 0 radical (unpaired) electrons. The Kier molecular flexibility index (Phi) is 8.63. The zero-order valence-electron chi connectivity index (χ0n) is 14.4. The van der Waals surface area contributed by atoms with Crippen LogP contribution in [0.5, 0.6) is 0 Å². The van der Waals surface area contributed by atoms with Crippen LogP contribution in [0.1, 0.15) is 38.2 Å². The summed E-state index contributed by atoms with van der Waals surface area (Å²) in [6, 6.07) is 6.42. The fraction of sp³-hybridized carbons (Fsp3) is 0.500. The van der Waals surface area contributed by atoms with Crippen LogP contribution >= 0.6 is 0 Å². The van der Waals surface area contributed by atoms with E-state index in [-0.39, 0.29) is 12.8 Å². The first-order valence-corrected chi connectivity index (χ1v) is 8.42. The summed E-state index contributed by atoms with van der Waals surface area (Å²) in [6.07, 6.45) is 2.81. The maximum absolute atomic E-state index is 12.3. The second-order valence-electron chi connectivity index (χ2n) is 6.06. The van der Waals surface area contributed by atoms with Crippen molar-refractivity contribution in [2.24, 2.45) is 11.7 Å². The van der Waals surface area contributed by atoms with Crippen LogP contribution in [-0.2, 0) is 20.8 Å². The van der Waals surface area contributed by atoms with Gasteiger partial charge in [0.25, 0.3) is 0 Å². The Hall–Kier alpha value is -2.41. The van der Waals surface area contributed by atoms with Crippen LogP contribution in [-0.4, -0.2) is 40.1 Å². The Balaban J connectivity index is 2.73. The number of benzene rings is 1. The third-order valence-corrected chi connectivity index (χ3v) is 4.07. The molecule has 0 aliphatic heterocycles. The SMILES string of the molecule is CCCCCC(C(=O)O)[C@H](N)C(=O)N[C@H](Cc1ccccc1)C(=O)O. The van der Waals surface area contributed by atoms with Gasteiger partial charge in [-0.05, 0) is 12.0 Å². The third kappa shape index (κ3) is 6.93. The molecule has 1 amide bonds. The van der Waals surface area contributed by atoms with Gasteiger partial charge >= 0.3 is 11.9 Å². The van der Waals surface area contributed by atoms with E-state index in [9.17, 15) is 24.6 Å². The van der Waals surface area contributed by atoms with Crippen molar-refractivity contribution in [1.29, 1.82) is 0 Å². The zero-order chi connectivity index (χ0) is 18.8. The van der Waals surface area contributed by atoms with Crippen LogP contribution in [0, 0.1) is 5.92 Å². The number of carboxylic acids is 2. The van der Waals surface area contributed by atoms with Gasteiger partial charge in [-0.2, -0.15) is 0 Å². The number of hydrogen-bond donors (Lipinski definition) is 4. The number of rotatable bonds is 11. The first-order valence-electron chi connectivity index (χ1n) is 8.42. The average Bonchev–Trinajstić information content (AvgIpc) is 2.58. The molecule has 5 N–H and O–H groups in total. The lowest BCUT2D eigenvalue weighted by molar-refractivity contribution is -0.146. The highest BCUT2D eigenvalue weighted by Crippen LogP contribution is 2.14.